The van der Waals surface area contributed by atoms with Gasteiger partial charge in [0.1, 0.15) is 5.82 Å². The number of benzene rings is 1. The van der Waals surface area contributed by atoms with E-state index in [2.05, 4.69) is 28.8 Å². The van der Waals surface area contributed by atoms with Gasteiger partial charge < -0.3 is 9.64 Å². The van der Waals surface area contributed by atoms with E-state index in [4.69, 9.17) is 4.74 Å². The first-order chi connectivity index (χ1) is 12.2. The van der Waals surface area contributed by atoms with Crippen molar-refractivity contribution < 1.29 is 9.13 Å². The SMILES string of the molecule is CCN(CC)CCCOc1ccc2ncc(-c3cccc(F)c3)n2n1. The van der Waals surface area contributed by atoms with Gasteiger partial charge >= 0.3 is 0 Å². The first-order valence-corrected chi connectivity index (χ1v) is 8.67. The summed E-state index contributed by atoms with van der Waals surface area (Å²) in [6.45, 7) is 8.03. The average Bonchev–Trinajstić information content (AvgIpc) is 3.05. The maximum atomic E-state index is 13.5. The maximum Gasteiger partial charge on any atom is 0.231 e. The highest BCUT2D eigenvalue weighted by Crippen LogP contribution is 2.22. The molecule has 0 aliphatic rings. The van der Waals surface area contributed by atoms with Crippen LogP contribution in [0.2, 0.25) is 0 Å². The smallest absolute Gasteiger partial charge is 0.231 e. The zero-order chi connectivity index (χ0) is 17.6. The average molecular weight is 342 g/mol. The minimum Gasteiger partial charge on any atom is -0.477 e. The second-order valence-electron chi connectivity index (χ2n) is 5.82. The molecule has 0 spiro atoms. The molecule has 0 saturated heterocycles. The lowest BCUT2D eigenvalue weighted by atomic mass is 10.2. The van der Waals surface area contributed by atoms with Crippen LogP contribution in [0.3, 0.4) is 0 Å². The zero-order valence-corrected chi connectivity index (χ0v) is 14.7. The largest absolute Gasteiger partial charge is 0.477 e. The Morgan fingerprint density at radius 3 is 2.76 bits per heavy atom. The third kappa shape index (κ3) is 4.14. The van der Waals surface area contributed by atoms with Crippen molar-refractivity contribution in [2.75, 3.05) is 26.2 Å². The van der Waals surface area contributed by atoms with Gasteiger partial charge in [0.15, 0.2) is 5.65 Å². The van der Waals surface area contributed by atoms with Gasteiger partial charge in [-0.25, -0.2) is 13.9 Å². The van der Waals surface area contributed by atoms with Crippen molar-refractivity contribution in [3.05, 3.63) is 48.4 Å². The molecule has 0 aliphatic carbocycles. The summed E-state index contributed by atoms with van der Waals surface area (Å²) in [7, 11) is 0. The van der Waals surface area contributed by atoms with E-state index in [-0.39, 0.29) is 5.82 Å². The van der Waals surface area contributed by atoms with Crippen LogP contribution in [0.15, 0.2) is 42.6 Å². The predicted molar refractivity (Wildman–Crippen MR) is 96.3 cm³/mol. The molecule has 1 aromatic carbocycles. The summed E-state index contributed by atoms with van der Waals surface area (Å²) in [5.41, 5.74) is 2.18. The molecular weight excluding hydrogens is 319 g/mol. The fourth-order valence-corrected chi connectivity index (χ4v) is 2.78. The van der Waals surface area contributed by atoms with Crippen LogP contribution in [0.1, 0.15) is 20.3 Å². The third-order valence-electron chi connectivity index (χ3n) is 4.22. The van der Waals surface area contributed by atoms with Gasteiger partial charge in [-0.3, -0.25) is 0 Å². The monoisotopic (exact) mass is 342 g/mol. The molecule has 0 radical (unpaired) electrons. The van der Waals surface area contributed by atoms with E-state index >= 15 is 0 Å². The summed E-state index contributed by atoms with van der Waals surface area (Å²) < 4.78 is 21.0. The highest BCUT2D eigenvalue weighted by Gasteiger charge is 2.09. The summed E-state index contributed by atoms with van der Waals surface area (Å²) in [4.78, 5) is 6.68. The lowest BCUT2D eigenvalue weighted by Gasteiger charge is -2.17. The third-order valence-corrected chi connectivity index (χ3v) is 4.22. The summed E-state index contributed by atoms with van der Waals surface area (Å²) in [6, 6.07) is 10.1. The number of nitrogens with zero attached hydrogens (tertiary/aromatic N) is 4. The fraction of sp³-hybridized carbons (Fsp3) is 0.368. The highest BCUT2D eigenvalue weighted by molar-refractivity contribution is 5.63. The lowest BCUT2D eigenvalue weighted by molar-refractivity contribution is 0.242. The van der Waals surface area contributed by atoms with Crippen LogP contribution in [0, 0.1) is 5.82 Å². The Hall–Kier alpha value is -2.47. The van der Waals surface area contributed by atoms with E-state index in [9.17, 15) is 4.39 Å². The van der Waals surface area contributed by atoms with Crippen molar-refractivity contribution in [2.45, 2.75) is 20.3 Å². The Morgan fingerprint density at radius 2 is 2.00 bits per heavy atom. The number of hydrogen-bond acceptors (Lipinski definition) is 4. The molecule has 5 nitrogen and oxygen atoms in total. The van der Waals surface area contributed by atoms with E-state index < -0.39 is 0 Å². The Labute approximate surface area is 147 Å². The summed E-state index contributed by atoms with van der Waals surface area (Å²) in [5, 5.41) is 4.49. The van der Waals surface area contributed by atoms with Crippen molar-refractivity contribution in [1.29, 1.82) is 0 Å². The summed E-state index contributed by atoms with van der Waals surface area (Å²) in [6.07, 6.45) is 2.64. The minimum absolute atomic E-state index is 0.281. The van der Waals surface area contributed by atoms with Crippen LogP contribution in [-0.4, -0.2) is 45.7 Å². The number of aromatic nitrogens is 3. The quantitative estimate of drug-likeness (QED) is 0.586. The van der Waals surface area contributed by atoms with Crippen LogP contribution < -0.4 is 4.74 Å². The van der Waals surface area contributed by atoms with Gasteiger partial charge in [0.25, 0.3) is 0 Å². The Balaban J connectivity index is 1.72. The van der Waals surface area contributed by atoms with Crippen LogP contribution in [0.4, 0.5) is 4.39 Å². The van der Waals surface area contributed by atoms with Gasteiger partial charge in [-0.15, -0.1) is 5.10 Å². The van der Waals surface area contributed by atoms with Crippen molar-refractivity contribution in [2.24, 2.45) is 0 Å². The van der Waals surface area contributed by atoms with E-state index in [0.717, 1.165) is 37.3 Å². The predicted octanol–water partition coefficient (Wildman–Crippen LogP) is 3.65. The molecule has 3 rings (SSSR count). The molecule has 2 aromatic heterocycles. The summed E-state index contributed by atoms with van der Waals surface area (Å²) >= 11 is 0. The number of ether oxygens (including phenoxy) is 1. The molecule has 0 N–H and O–H groups in total. The van der Waals surface area contributed by atoms with Crippen molar-refractivity contribution >= 4 is 5.65 Å². The molecule has 2 heterocycles. The van der Waals surface area contributed by atoms with E-state index in [1.807, 2.05) is 18.2 Å². The normalized spacial score (nSPS) is 11.4. The molecule has 25 heavy (non-hydrogen) atoms. The molecule has 0 saturated carbocycles. The van der Waals surface area contributed by atoms with E-state index in [0.29, 0.717) is 18.1 Å². The van der Waals surface area contributed by atoms with Gasteiger partial charge in [0.2, 0.25) is 5.88 Å². The molecule has 132 valence electrons. The molecular formula is C19H23FN4O. The van der Waals surface area contributed by atoms with Crippen molar-refractivity contribution in [3.63, 3.8) is 0 Å². The Bertz CT molecular complexity index is 829. The lowest BCUT2D eigenvalue weighted by Crippen LogP contribution is -2.25. The van der Waals surface area contributed by atoms with Crippen LogP contribution in [0.5, 0.6) is 5.88 Å². The van der Waals surface area contributed by atoms with Crippen LogP contribution >= 0.6 is 0 Å². The maximum absolute atomic E-state index is 13.5. The standard InChI is InChI=1S/C19H23FN4O/c1-3-23(4-2)11-6-12-25-19-10-9-18-21-14-17(24(18)22-19)15-7-5-8-16(20)13-15/h5,7-10,13-14H,3-4,6,11-12H2,1-2H3. The number of imidazole rings is 1. The second kappa shape index (κ2) is 8.07. The number of fused-ring (bicyclic) bond motifs is 1. The number of hydrogen-bond donors (Lipinski definition) is 0. The van der Waals surface area contributed by atoms with Crippen molar-refractivity contribution in [3.8, 4) is 17.1 Å². The van der Waals surface area contributed by atoms with E-state index in [1.165, 1.54) is 12.1 Å². The number of rotatable bonds is 8. The Morgan fingerprint density at radius 1 is 1.16 bits per heavy atom. The molecule has 0 unspecified atom stereocenters. The Kier molecular flexibility index (Phi) is 5.60. The van der Waals surface area contributed by atoms with Crippen LogP contribution in [-0.2, 0) is 0 Å². The highest BCUT2D eigenvalue weighted by atomic mass is 19.1. The van der Waals surface area contributed by atoms with Crippen molar-refractivity contribution in [1.82, 2.24) is 19.5 Å². The molecule has 0 aliphatic heterocycles. The fourth-order valence-electron chi connectivity index (χ4n) is 2.78. The van der Waals surface area contributed by atoms with Gasteiger partial charge in [0, 0.05) is 18.2 Å². The second-order valence-corrected chi connectivity index (χ2v) is 5.82. The molecule has 0 amide bonds. The van der Waals surface area contributed by atoms with Gasteiger partial charge in [-0.05, 0) is 37.7 Å². The van der Waals surface area contributed by atoms with E-state index in [1.54, 1.807) is 16.8 Å². The first-order valence-electron chi connectivity index (χ1n) is 8.67. The minimum atomic E-state index is -0.281. The van der Waals surface area contributed by atoms with Gasteiger partial charge in [0.05, 0.1) is 18.5 Å². The number of halogens is 1. The van der Waals surface area contributed by atoms with Crippen LogP contribution in [0.25, 0.3) is 16.9 Å². The topological polar surface area (TPSA) is 42.7 Å². The molecule has 0 bridgehead atoms. The zero-order valence-electron chi connectivity index (χ0n) is 14.7. The first kappa shape index (κ1) is 17.4. The van der Waals surface area contributed by atoms with Gasteiger partial charge in [-0.1, -0.05) is 26.0 Å². The van der Waals surface area contributed by atoms with Gasteiger partial charge in [-0.2, -0.15) is 0 Å². The molecule has 0 atom stereocenters. The molecule has 6 heteroatoms. The summed E-state index contributed by atoms with van der Waals surface area (Å²) in [5.74, 6) is 0.263. The molecule has 3 aromatic rings. The molecule has 0 fully saturated rings.